The number of rotatable bonds is 7. The summed E-state index contributed by atoms with van der Waals surface area (Å²) >= 11 is 0. The molecule has 1 aliphatic rings. The standard InChI is InChI=1S/C24H28F2NO4P.C2H6/c1-14-9-18-19(27(4)21(28)12-23(18,2)3)11-16(14)17-10-15(6-8-22(29)30)5-7-20(17)31-13-24(25,26)32;1-2/h5,7,9-11H,6,8,12-13,32H2,1-4H3,(H,29,30);1-2H3. The van der Waals surface area contributed by atoms with Gasteiger partial charge in [0.05, 0.1) is 0 Å². The fourth-order valence-electron chi connectivity index (χ4n) is 4.03. The number of anilines is 1. The molecule has 1 atom stereocenters. The number of carboxylic acid groups (broad SMARTS) is 1. The van der Waals surface area contributed by atoms with Crippen LogP contribution in [0.1, 0.15) is 57.2 Å². The van der Waals surface area contributed by atoms with Crippen LogP contribution in [0, 0.1) is 6.92 Å². The first-order chi connectivity index (χ1) is 15.8. The number of fused-ring (bicyclic) bond motifs is 1. The number of nitrogens with zero attached hydrogens (tertiary/aromatic N) is 1. The molecule has 0 spiro atoms. The molecule has 0 saturated heterocycles. The van der Waals surface area contributed by atoms with Gasteiger partial charge in [0.15, 0.2) is 6.61 Å². The summed E-state index contributed by atoms with van der Waals surface area (Å²) in [4.78, 5) is 25.2. The van der Waals surface area contributed by atoms with Gasteiger partial charge in [-0.05, 0) is 53.8 Å². The normalized spacial score (nSPS) is 14.7. The second-order valence-electron chi connectivity index (χ2n) is 8.97. The topological polar surface area (TPSA) is 66.8 Å². The Labute approximate surface area is 202 Å². The molecule has 1 aliphatic heterocycles. The van der Waals surface area contributed by atoms with E-state index >= 15 is 0 Å². The fraction of sp³-hybridized carbons (Fsp3) is 0.462. The van der Waals surface area contributed by atoms with Gasteiger partial charge in [-0.3, -0.25) is 9.59 Å². The number of benzene rings is 2. The van der Waals surface area contributed by atoms with E-state index in [2.05, 4.69) is 0 Å². The molecule has 186 valence electrons. The van der Waals surface area contributed by atoms with Crippen molar-refractivity contribution in [3.8, 4) is 16.9 Å². The van der Waals surface area contributed by atoms with Gasteiger partial charge in [-0.15, -0.1) is 0 Å². The number of carbonyl (C=O) groups excluding carboxylic acids is 1. The Hall–Kier alpha value is -2.53. The molecule has 0 aliphatic carbocycles. The number of aryl methyl sites for hydroxylation is 2. The predicted molar refractivity (Wildman–Crippen MR) is 135 cm³/mol. The number of carboxylic acids is 1. The SMILES string of the molecule is CC.Cc1cc2c(cc1-c1cc(CCC(=O)O)ccc1OCC(F)(F)P)N(C)C(=O)CC2(C)C. The summed E-state index contributed by atoms with van der Waals surface area (Å²) in [5.74, 6) is -0.633. The highest BCUT2D eigenvalue weighted by Gasteiger charge is 2.36. The van der Waals surface area contributed by atoms with Crippen molar-refractivity contribution in [2.45, 2.75) is 65.0 Å². The van der Waals surface area contributed by atoms with Gasteiger partial charge in [0.25, 0.3) is 5.66 Å². The molecule has 2 aromatic carbocycles. The Morgan fingerprint density at radius 3 is 2.44 bits per heavy atom. The first kappa shape index (κ1) is 27.7. The zero-order valence-corrected chi connectivity index (χ0v) is 21.8. The van der Waals surface area contributed by atoms with Crippen molar-refractivity contribution in [3.05, 3.63) is 47.0 Å². The Morgan fingerprint density at radius 2 is 1.85 bits per heavy atom. The molecule has 0 radical (unpaired) electrons. The van der Waals surface area contributed by atoms with Gasteiger partial charge >= 0.3 is 5.97 Å². The summed E-state index contributed by atoms with van der Waals surface area (Å²) < 4.78 is 32.3. The van der Waals surface area contributed by atoms with Gasteiger partial charge in [-0.1, -0.05) is 49.1 Å². The first-order valence-corrected chi connectivity index (χ1v) is 11.9. The highest BCUT2D eigenvalue weighted by atomic mass is 31.0. The van der Waals surface area contributed by atoms with Crippen LogP contribution in [0.25, 0.3) is 11.1 Å². The van der Waals surface area contributed by atoms with E-state index in [1.807, 2.05) is 46.8 Å². The van der Waals surface area contributed by atoms with Crippen molar-refractivity contribution in [1.29, 1.82) is 0 Å². The molecule has 0 fully saturated rings. The molecule has 5 nitrogen and oxygen atoms in total. The van der Waals surface area contributed by atoms with Crippen LogP contribution in [-0.2, 0) is 21.4 Å². The molecular formula is C26H34F2NO4P. The number of ether oxygens (including phenoxy) is 1. The molecule has 3 rings (SSSR count). The average Bonchev–Trinajstić information content (AvgIpc) is 2.75. The number of halogens is 2. The van der Waals surface area contributed by atoms with E-state index in [1.54, 1.807) is 30.1 Å². The smallest absolute Gasteiger partial charge is 0.303 e. The number of amides is 1. The Balaban J connectivity index is 0.00000199. The van der Waals surface area contributed by atoms with Crippen molar-refractivity contribution in [2.24, 2.45) is 0 Å². The zero-order chi connectivity index (χ0) is 25.8. The first-order valence-electron chi connectivity index (χ1n) is 11.3. The second-order valence-corrected chi connectivity index (χ2v) is 9.82. The summed E-state index contributed by atoms with van der Waals surface area (Å²) in [5, 5.41) is 9.02. The van der Waals surface area contributed by atoms with Crippen LogP contribution >= 0.6 is 9.24 Å². The fourth-order valence-corrected chi connectivity index (χ4v) is 4.11. The van der Waals surface area contributed by atoms with Crippen molar-refractivity contribution in [1.82, 2.24) is 0 Å². The van der Waals surface area contributed by atoms with E-state index in [0.717, 1.165) is 27.9 Å². The second kappa shape index (κ2) is 10.8. The Kier molecular flexibility index (Phi) is 8.81. The molecule has 2 aromatic rings. The van der Waals surface area contributed by atoms with Crippen LogP contribution in [0.15, 0.2) is 30.3 Å². The van der Waals surface area contributed by atoms with Crippen LogP contribution in [0.2, 0.25) is 0 Å². The predicted octanol–water partition coefficient (Wildman–Crippen LogP) is 6.20. The van der Waals surface area contributed by atoms with Crippen LogP contribution in [0.3, 0.4) is 0 Å². The number of aliphatic carboxylic acids is 1. The van der Waals surface area contributed by atoms with E-state index in [-0.39, 0.29) is 23.5 Å². The van der Waals surface area contributed by atoms with E-state index in [4.69, 9.17) is 9.84 Å². The van der Waals surface area contributed by atoms with E-state index < -0.39 is 18.2 Å². The average molecular weight is 494 g/mol. The Morgan fingerprint density at radius 1 is 1.21 bits per heavy atom. The lowest BCUT2D eigenvalue weighted by atomic mass is 9.76. The maximum Gasteiger partial charge on any atom is 0.303 e. The molecule has 1 N–H and O–H groups in total. The third-order valence-corrected chi connectivity index (χ3v) is 5.95. The van der Waals surface area contributed by atoms with Gasteiger partial charge in [0.1, 0.15) is 5.75 Å². The van der Waals surface area contributed by atoms with Crippen LogP contribution in [-0.4, -0.2) is 36.3 Å². The third-order valence-electron chi connectivity index (χ3n) is 5.78. The molecular weight excluding hydrogens is 459 g/mol. The van der Waals surface area contributed by atoms with Gasteiger partial charge in [0.2, 0.25) is 5.91 Å². The minimum Gasteiger partial charge on any atom is -0.486 e. The quantitative estimate of drug-likeness (QED) is 0.467. The van der Waals surface area contributed by atoms with Crippen LogP contribution in [0.5, 0.6) is 5.75 Å². The molecule has 0 saturated carbocycles. The molecule has 34 heavy (non-hydrogen) atoms. The summed E-state index contributed by atoms with van der Waals surface area (Å²) in [5.41, 5.74) is 1.42. The highest BCUT2D eigenvalue weighted by molar-refractivity contribution is 7.18. The van der Waals surface area contributed by atoms with Gasteiger partial charge in [0, 0.05) is 36.6 Å². The molecule has 1 unspecified atom stereocenters. The lowest BCUT2D eigenvalue weighted by Gasteiger charge is -2.37. The minimum atomic E-state index is -3.08. The van der Waals surface area contributed by atoms with E-state index in [9.17, 15) is 18.4 Å². The molecule has 0 aromatic heterocycles. The summed E-state index contributed by atoms with van der Waals surface area (Å²) in [6.45, 7) is 9.17. The maximum atomic E-state index is 13.4. The van der Waals surface area contributed by atoms with Crippen molar-refractivity contribution in [3.63, 3.8) is 0 Å². The van der Waals surface area contributed by atoms with Crippen LogP contribution in [0.4, 0.5) is 14.5 Å². The largest absolute Gasteiger partial charge is 0.486 e. The lowest BCUT2D eigenvalue weighted by Crippen LogP contribution is -2.39. The van der Waals surface area contributed by atoms with Crippen molar-refractivity contribution >= 4 is 26.8 Å². The number of hydrogen-bond donors (Lipinski definition) is 1. The van der Waals surface area contributed by atoms with Crippen LogP contribution < -0.4 is 9.64 Å². The van der Waals surface area contributed by atoms with Gasteiger partial charge in [-0.25, -0.2) is 0 Å². The molecule has 1 amide bonds. The number of carbonyl (C=O) groups is 2. The molecule has 1 heterocycles. The summed E-state index contributed by atoms with van der Waals surface area (Å²) in [7, 11) is 3.19. The zero-order valence-electron chi connectivity index (χ0n) is 20.7. The number of alkyl halides is 2. The maximum absolute atomic E-state index is 13.4. The lowest BCUT2D eigenvalue weighted by molar-refractivity contribution is -0.137. The van der Waals surface area contributed by atoms with Gasteiger partial charge in [-0.2, -0.15) is 8.78 Å². The summed E-state index contributed by atoms with van der Waals surface area (Å²) in [6.07, 6.45) is 0.660. The highest BCUT2D eigenvalue weighted by Crippen LogP contribution is 2.44. The van der Waals surface area contributed by atoms with Crippen molar-refractivity contribution in [2.75, 3.05) is 18.6 Å². The molecule has 8 heteroatoms. The minimum absolute atomic E-state index is 0.00614. The molecule has 0 bridgehead atoms. The third kappa shape index (κ3) is 6.53. The monoisotopic (exact) mass is 493 g/mol. The van der Waals surface area contributed by atoms with E-state index in [0.29, 0.717) is 18.4 Å². The van der Waals surface area contributed by atoms with Gasteiger partial charge < -0.3 is 14.7 Å². The summed E-state index contributed by atoms with van der Waals surface area (Å²) in [6, 6.07) is 9.00. The van der Waals surface area contributed by atoms with Crippen molar-refractivity contribution < 1.29 is 28.2 Å². The van der Waals surface area contributed by atoms with E-state index in [1.165, 1.54) is 9.24 Å². The Bertz CT molecular complexity index is 1060. The number of hydrogen-bond acceptors (Lipinski definition) is 3.